The second-order valence-electron chi connectivity index (χ2n) is 5.30. The van der Waals surface area contributed by atoms with Gasteiger partial charge in [0.1, 0.15) is 11.5 Å². The van der Waals surface area contributed by atoms with E-state index in [0.717, 1.165) is 23.5 Å². The average Bonchev–Trinajstić information content (AvgIpc) is 2.59. The van der Waals surface area contributed by atoms with E-state index >= 15 is 0 Å². The number of ether oxygens (including phenoxy) is 2. The van der Waals surface area contributed by atoms with Crippen molar-refractivity contribution in [1.29, 1.82) is 0 Å². The van der Waals surface area contributed by atoms with Crippen LogP contribution in [0.25, 0.3) is 0 Å². The lowest BCUT2D eigenvalue weighted by molar-refractivity contribution is 0.0939. The molecule has 22 heavy (non-hydrogen) atoms. The number of pyridine rings is 1. The molecule has 0 saturated carbocycles. The molecule has 0 spiro atoms. The Kier molecular flexibility index (Phi) is 4.23. The maximum Gasteiger partial charge on any atom is 0.251 e. The first-order valence-electron chi connectivity index (χ1n) is 7.24. The lowest BCUT2D eigenvalue weighted by Gasteiger charge is -2.25. The Morgan fingerprint density at radius 2 is 2.18 bits per heavy atom. The third-order valence-corrected chi connectivity index (χ3v) is 3.75. The van der Waals surface area contributed by atoms with Crippen LogP contribution in [0, 0.1) is 5.92 Å². The van der Waals surface area contributed by atoms with Gasteiger partial charge in [-0.15, -0.1) is 0 Å². The van der Waals surface area contributed by atoms with E-state index in [1.165, 1.54) is 0 Å². The van der Waals surface area contributed by atoms with Crippen molar-refractivity contribution in [2.75, 3.05) is 20.3 Å². The van der Waals surface area contributed by atoms with Crippen LogP contribution in [-0.2, 0) is 6.42 Å². The molecule has 114 valence electrons. The Morgan fingerprint density at radius 1 is 1.36 bits per heavy atom. The number of rotatable bonds is 4. The standard InChI is InChI=1S/C17H18N2O3/c1-21-15-3-2-14-8-12(11-22-16(14)9-15)10-19-17(20)13-4-6-18-7-5-13/h2-7,9,12H,8,10-11H2,1H3,(H,19,20). The van der Waals surface area contributed by atoms with E-state index < -0.39 is 0 Å². The van der Waals surface area contributed by atoms with Crippen LogP contribution >= 0.6 is 0 Å². The topological polar surface area (TPSA) is 60.5 Å². The van der Waals surface area contributed by atoms with Gasteiger partial charge in [-0.25, -0.2) is 0 Å². The molecule has 0 aliphatic carbocycles. The normalized spacial score (nSPS) is 16.3. The van der Waals surface area contributed by atoms with Crippen LogP contribution in [0.1, 0.15) is 15.9 Å². The summed E-state index contributed by atoms with van der Waals surface area (Å²) in [5.74, 6) is 1.86. The molecule has 0 fully saturated rings. The van der Waals surface area contributed by atoms with Crippen molar-refractivity contribution in [3.8, 4) is 11.5 Å². The van der Waals surface area contributed by atoms with E-state index in [2.05, 4.69) is 10.3 Å². The van der Waals surface area contributed by atoms with Crippen LogP contribution in [0.15, 0.2) is 42.7 Å². The van der Waals surface area contributed by atoms with E-state index in [0.29, 0.717) is 18.7 Å². The molecule has 1 N–H and O–H groups in total. The van der Waals surface area contributed by atoms with Crippen molar-refractivity contribution in [3.63, 3.8) is 0 Å². The Morgan fingerprint density at radius 3 is 2.95 bits per heavy atom. The second kappa shape index (κ2) is 6.47. The molecule has 0 bridgehead atoms. The highest BCUT2D eigenvalue weighted by Gasteiger charge is 2.21. The lowest BCUT2D eigenvalue weighted by Crippen LogP contribution is -2.34. The van der Waals surface area contributed by atoms with Crippen molar-refractivity contribution < 1.29 is 14.3 Å². The fraction of sp³-hybridized carbons (Fsp3) is 0.294. The van der Waals surface area contributed by atoms with E-state index in [1.54, 1.807) is 31.6 Å². The number of nitrogens with zero attached hydrogens (tertiary/aromatic N) is 1. The summed E-state index contributed by atoms with van der Waals surface area (Å²) in [5.41, 5.74) is 1.77. The molecule has 0 saturated heterocycles. The van der Waals surface area contributed by atoms with Crippen LogP contribution in [0.4, 0.5) is 0 Å². The van der Waals surface area contributed by atoms with Gasteiger partial charge in [-0.3, -0.25) is 9.78 Å². The Labute approximate surface area is 129 Å². The summed E-state index contributed by atoms with van der Waals surface area (Å²) in [6, 6.07) is 9.26. The summed E-state index contributed by atoms with van der Waals surface area (Å²) in [7, 11) is 1.64. The summed E-state index contributed by atoms with van der Waals surface area (Å²) in [6.45, 7) is 1.18. The van der Waals surface area contributed by atoms with Crippen LogP contribution in [0.2, 0.25) is 0 Å². The molecule has 5 heteroatoms. The maximum atomic E-state index is 12.0. The van der Waals surface area contributed by atoms with Gasteiger partial charge >= 0.3 is 0 Å². The van der Waals surface area contributed by atoms with Crippen molar-refractivity contribution in [3.05, 3.63) is 53.9 Å². The van der Waals surface area contributed by atoms with Gasteiger partial charge < -0.3 is 14.8 Å². The Hall–Kier alpha value is -2.56. The Balaban J connectivity index is 1.58. The number of hydrogen-bond acceptors (Lipinski definition) is 4. The number of fused-ring (bicyclic) bond motifs is 1. The number of amides is 1. The first-order valence-corrected chi connectivity index (χ1v) is 7.24. The molecule has 2 aromatic rings. The monoisotopic (exact) mass is 298 g/mol. The predicted octanol–water partition coefficient (Wildman–Crippen LogP) is 2.07. The zero-order valence-corrected chi connectivity index (χ0v) is 12.4. The van der Waals surface area contributed by atoms with Crippen molar-refractivity contribution in [1.82, 2.24) is 10.3 Å². The smallest absolute Gasteiger partial charge is 0.251 e. The first kappa shape index (κ1) is 14.4. The van der Waals surface area contributed by atoms with Gasteiger partial charge in [0.05, 0.1) is 13.7 Å². The zero-order chi connectivity index (χ0) is 15.4. The van der Waals surface area contributed by atoms with Crippen LogP contribution in [-0.4, -0.2) is 31.2 Å². The number of hydrogen-bond donors (Lipinski definition) is 1. The maximum absolute atomic E-state index is 12.0. The highest BCUT2D eigenvalue weighted by molar-refractivity contribution is 5.93. The third-order valence-electron chi connectivity index (χ3n) is 3.75. The quantitative estimate of drug-likeness (QED) is 0.938. The number of methoxy groups -OCH3 is 1. The number of carbonyl (C=O) groups is 1. The average molecular weight is 298 g/mol. The van der Waals surface area contributed by atoms with Gasteiger partial charge in [-0.05, 0) is 30.2 Å². The molecule has 1 amide bonds. The van der Waals surface area contributed by atoms with Crippen LogP contribution < -0.4 is 14.8 Å². The first-order chi connectivity index (χ1) is 10.8. The van der Waals surface area contributed by atoms with E-state index in [-0.39, 0.29) is 11.8 Å². The summed E-state index contributed by atoms with van der Waals surface area (Å²) < 4.78 is 11.0. The highest BCUT2D eigenvalue weighted by Crippen LogP contribution is 2.30. The predicted molar refractivity (Wildman–Crippen MR) is 82.3 cm³/mol. The molecule has 1 atom stereocenters. The molecule has 5 nitrogen and oxygen atoms in total. The minimum atomic E-state index is -0.0806. The Bertz CT molecular complexity index is 658. The van der Waals surface area contributed by atoms with Crippen LogP contribution in [0.3, 0.4) is 0 Å². The van der Waals surface area contributed by atoms with E-state index in [9.17, 15) is 4.79 Å². The zero-order valence-electron chi connectivity index (χ0n) is 12.4. The molecule has 1 unspecified atom stereocenters. The van der Waals surface area contributed by atoms with Gasteiger partial charge in [0.15, 0.2) is 0 Å². The molecular formula is C17H18N2O3. The SMILES string of the molecule is COc1ccc2c(c1)OCC(CNC(=O)c1ccncc1)C2. The largest absolute Gasteiger partial charge is 0.497 e. The van der Waals surface area contributed by atoms with Gasteiger partial charge in [0.2, 0.25) is 0 Å². The molecule has 1 aromatic heterocycles. The molecule has 1 aliphatic heterocycles. The fourth-order valence-electron chi connectivity index (χ4n) is 2.52. The number of benzene rings is 1. The minimum absolute atomic E-state index is 0.0806. The number of carbonyl (C=O) groups excluding carboxylic acids is 1. The van der Waals surface area contributed by atoms with E-state index in [1.807, 2.05) is 18.2 Å². The van der Waals surface area contributed by atoms with Crippen molar-refractivity contribution in [2.24, 2.45) is 5.92 Å². The van der Waals surface area contributed by atoms with Crippen molar-refractivity contribution >= 4 is 5.91 Å². The molecule has 2 heterocycles. The molecule has 3 rings (SSSR count). The number of nitrogens with one attached hydrogen (secondary N) is 1. The van der Waals surface area contributed by atoms with Gasteiger partial charge in [-0.2, -0.15) is 0 Å². The minimum Gasteiger partial charge on any atom is -0.497 e. The van der Waals surface area contributed by atoms with Crippen molar-refractivity contribution in [2.45, 2.75) is 6.42 Å². The highest BCUT2D eigenvalue weighted by atomic mass is 16.5. The van der Waals surface area contributed by atoms with Crippen LogP contribution in [0.5, 0.6) is 11.5 Å². The summed E-state index contributed by atoms with van der Waals surface area (Å²) >= 11 is 0. The third kappa shape index (κ3) is 3.19. The number of aromatic nitrogens is 1. The second-order valence-corrected chi connectivity index (χ2v) is 5.30. The summed E-state index contributed by atoms with van der Waals surface area (Å²) in [5, 5.41) is 2.95. The summed E-state index contributed by atoms with van der Waals surface area (Å²) in [6.07, 6.45) is 4.11. The van der Waals surface area contributed by atoms with Gasteiger partial charge in [0, 0.05) is 36.5 Å². The van der Waals surface area contributed by atoms with Gasteiger partial charge in [-0.1, -0.05) is 6.07 Å². The fourth-order valence-corrected chi connectivity index (χ4v) is 2.52. The molecule has 0 radical (unpaired) electrons. The summed E-state index contributed by atoms with van der Waals surface area (Å²) in [4.78, 5) is 15.9. The van der Waals surface area contributed by atoms with E-state index in [4.69, 9.17) is 9.47 Å². The van der Waals surface area contributed by atoms with Gasteiger partial charge in [0.25, 0.3) is 5.91 Å². The molecule has 1 aromatic carbocycles. The molecule has 1 aliphatic rings. The lowest BCUT2D eigenvalue weighted by atomic mass is 9.96. The molecular weight excluding hydrogens is 280 g/mol.